The maximum absolute atomic E-state index is 12.4. The van der Waals surface area contributed by atoms with Crippen LogP contribution in [0.25, 0.3) is 11.0 Å². The van der Waals surface area contributed by atoms with Gasteiger partial charge < -0.3 is 19.8 Å². The lowest BCUT2D eigenvalue weighted by Gasteiger charge is -2.13. The Balaban J connectivity index is 1.81. The quantitative estimate of drug-likeness (QED) is 0.726. The molecule has 0 spiro atoms. The van der Waals surface area contributed by atoms with Gasteiger partial charge in [0.1, 0.15) is 0 Å². The van der Waals surface area contributed by atoms with Gasteiger partial charge in [0.2, 0.25) is 0 Å². The molecule has 2 N–H and O–H groups in total. The minimum atomic E-state index is -0.196. The Hall–Kier alpha value is -3.02. The molecule has 0 radical (unpaired) electrons. The second-order valence-corrected chi connectivity index (χ2v) is 5.12. The maximum Gasteiger partial charge on any atom is 0.255 e. The number of H-pyrrole nitrogens is 1. The average molecular weight is 325 g/mol. The number of aromatic nitrogens is 2. The zero-order chi connectivity index (χ0) is 16.9. The smallest absolute Gasteiger partial charge is 0.255 e. The molecule has 6 heteroatoms. The van der Waals surface area contributed by atoms with E-state index in [0.717, 1.165) is 11.0 Å². The third kappa shape index (κ3) is 3.32. The fraction of sp³-hybridized carbons (Fsp3) is 0.222. The largest absolute Gasteiger partial charge is 0.490 e. The van der Waals surface area contributed by atoms with E-state index in [9.17, 15) is 4.79 Å². The van der Waals surface area contributed by atoms with Crippen LogP contribution in [0.15, 0.2) is 42.7 Å². The van der Waals surface area contributed by atoms with Crippen LogP contribution in [-0.4, -0.2) is 29.1 Å². The number of benzene rings is 2. The van der Waals surface area contributed by atoms with Gasteiger partial charge in [-0.1, -0.05) is 0 Å². The second-order valence-electron chi connectivity index (χ2n) is 5.12. The van der Waals surface area contributed by atoms with E-state index in [1.54, 1.807) is 36.7 Å². The van der Waals surface area contributed by atoms with E-state index in [-0.39, 0.29) is 5.91 Å². The summed E-state index contributed by atoms with van der Waals surface area (Å²) < 4.78 is 11.1. The van der Waals surface area contributed by atoms with Gasteiger partial charge in [0.05, 0.1) is 30.6 Å². The van der Waals surface area contributed by atoms with Gasteiger partial charge in [0.25, 0.3) is 5.91 Å². The van der Waals surface area contributed by atoms with Crippen LogP contribution >= 0.6 is 0 Å². The second kappa shape index (κ2) is 7.04. The summed E-state index contributed by atoms with van der Waals surface area (Å²) in [5.41, 5.74) is 2.85. The maximum atomic E-state index is 12.4. The molecule has 0 aliphatic heterocycles. The van der Waals surface area contributed by atoms with Crippen molar-refractivity contribution in [3.05, 3.63) is 48.3 Å². The summed E-state index contributed by atoms with van der Waals surface area (Å²) in [5, 5.41) is 2.87. The highest BCUT2D eigenvalue weighted by atomic mass is 16.5. The molecule has 0 fully saturated rings. The molecular formula is C18H19N3O3. The number of imidazole rings is 1. The van der Waals surface area contributed by atoms with Crippen LogP contribution in [0, 0.1) is 0 Å². The number of ether oxygens (including phenoxy) is 2. The molecule has 1 heterocycles. The highest BCUT2D eigenvalue weighted by molar-refractivity contribution is 6.06. The van der Waals surface area contributed by atoms with E-state index < -0.39 is 0 Å². The van der Waals surface area contributed by atoms with Crippen molar-refractivity contribution in [3.8, 4) is 11.5 Å². The molecule has 1 amide bonds. The predicted octanol–water partition coefficient (Wildman–Crippen LogP) is 3.61. The number of rotatable bonds is 6. The highest BCUT2D eigenvalue weighted by Crippen LogP contribution is 2.30. The number of hydrogen-bond donors (Lipinski definition) is 2. The Labute approximate surface area is 139 Å². The van der Waals surface area contributed by atoms with E-state index in [1.165, 1.54) is 0 Å². The molecule has 0 unspecified atom stereocenters. The van der Waals surface area contributed by atoms with Gasteiger partial charge in [-0.2, -0.15) is 0 Å². The summed E-state index contributed by atoms with van der Waals surface area (Å²) in [6, 6.07) is 10.7. The first-order valence-corrected chi connectivity index (χ1v) is 7.85. The Morgan fingerprint density at radius 3 is 2.67 bits per heavy atom. The summed E-state index contributed by atoms with van der Waals surface area (Å²) in [6.45, 7) is 4.89. The third-order valence-electron chi connectivity index (χ3n) is 3.48. The highest BCUT2D eigenvalue weighted by Gasteiger charge is 2.11. The zero-order valence-electron chi connectivity index (χ0n) is 13.6. The lowest BCUT2D eigenvalue weighted by atomic mass is 10.2. The van der Waals surface area contributed by atoms with Gasteiger partial charge in [0.15, 0.2) is 11.5 Å². The van der Waals surface area contributed by atoms with E-state index in [2.05, 4.69) is 15.3 Å². The molecule has 0 atom stereocenters. The summed E-state index contributed by atoms with van der Waals surface area (Å²) in [7, 11) is 0. The molecule has 0 aliphatic carbocycles. The number of nitrogens with one attached hydrogen (secondary N) is 2. The van der Waals surface area contributed by atoms with Crippen molar-refractivity contribution in [1.82, 2.24) is 9.97 Å². The Morgan fingerprint density at radius 2 is 1.88 bits per heavy atom. The van der Waals surface area contributed by atoms with Crippen LogP contribution in [0.3, 0.4) is 0 Å². The summed E-state index contributed by atoms with van der Waals surface area (Å²) >= 11 is 0. The number of carbonyl (C=O) groups excluding carboxylic acids is 1. The van der Waals surface area contributed by atoms with Crippen molar-refractivity contribution in [2.24, 2.45) is 0 Å². The minimum absolute atomic E-state index is 0.196. The molecular weight excluding hydrogens is 306 g/mol. The van der Waals surface area contributed by atoms with Gasteiger partial charge in [-0.05, 0) is 44.2 Å². The fourth-order valence-corrected chi connectivity index (χ4v) is 2.41. The van der Waals surface area contributed by atoms with Crippen LogP contribution in [0.2, 0.25) is 0 Å². The monoisotopic (exact) mass is 325 g/mol. The number of anilines is 1. The molecule has 1 aromatic heterocycles. The fourth-order valence-electron chi connectivity index (χ4n) is 2.41. The van der Waals surface area contributed by atoms with Crippen molar-refractivity contribution in [3.63, 3.8) is 0 Å². The number of nitrogens with zero attached hydrogens (tertiary/aromatic N) is 1. The first-order chi connectivity index (χ1) is 11.7. The van der Waals surface area contributed by atoms with Gasteiger partial charge >= 0.3 is 0 Å². The van der Waals surface area contributed by atoms with Gasteiger partial charge in [-0.25, -0.2) is 4.98 Å². The Kier molecular flexibility index (Phi) is 4.65. The van der Waals surface area contributed by atoms with Crippen LogP contribution in [0.4, 0.5) is 5.69 Å². The lowest BCUT2D eigenvalue weighted by Crippen LogP contribution is -2.12. The van der Waals surface area contributed by atoms with Crippen LogP contribution in [-0.2, 0) is 0 Å². The average Bonchev–Trinajstić information content (AvgIpc) is 3.05. The SMILES string of the molecule is CCOc1ccc(NC(=O)c2ccc3nc[nH]c3c2)cc1OCC. The van der Waals surface area contributed by atoms with Gasteiger partial charge in [-0.3, -0.25) is 4.79 Å². The molecule has 0 bridgehead atoms. The molecule has 2 aromatic carbocycles. The first kappa shape index (κ1) is 15.9. The van der Waals surface area contributed by atoms with E-state index in [4.69, 9.17) is 9.47 Å². The van der Waals surface area contributed by atoms with Crippen LogP contribution < -0.4 is 14.8 Å². The standard InChI is InChI=1S/C18H19N3O3/c1-3-23-16-8-6-13(10-17(16)24-4-2)21-18(22)12-5-7-14-15(9-12)20-11-19-14/h5-11H,3-4H2,1-2H3,(H,19,20)(H,21,22). The Morgan fingerprint density at radius 1 is 1.08 bits per heavy atom. The number of carbonyl (C=O) groups is 1. The van der Waals surface area contributed by atoms with Gasteiger partial charge in [-0.15, -0.1) is 0 Å². The van der Waals surface area contributed by atoms with Crippen molar-refractivity contribution in [2.45, 2.75) is 13.8 Å². The topological polar surface area (TPSA) is 76.2 Å². The number of amides is 1. The zero-order valence-corrected chi connectivity index (χ0v) is 13.6. The molecule has 3 aromatic rings. The first-order valence-electron chi connectivity index (χ1n) is 7.85. The normalized spacial score (nSPS) is 10.6. The van der Waals surface area contributed by atoms with Crippen molar-refractivity contribution in [2.75, 3.05) is 18.5 Å². The molecule has 3 rings (SSSR count). The van der Waals surface area contributed by atoms with Crippen molar-refractivity contribution in [1.29, 1.82) is 0 Å². The lowest BCUT2D eigenvalue weighted by molar-refractivity contribution is 0.102. The summed E-state index contributed by atoms with van der Waals surface area (Å²) in [5.74, 6) is 1.08. The van der Waals surface area contributed by atoms with E-state index in [1.807, 2.05) is 19.9 Å². The third-order valence-corrected chi connectivity index (χ3v) is 3.48. The Bertz CT molecular complexity index is 858. The van der Waals surface area contributed by atoms with Crippen LogP contribution in [0.1, 0.15) is 24.2 Å². The number of aromatic amines is 1. The van der Waals surface area contributed by atoms with Gasteiger partial charge in [0, 0.05) is 17.3 Å². The number of hydrogen-bond acceptors (Lipinski definition) is 4. The summed E-state index contributed by atoms with van der Waals surface area (Å²) in [4.78, 5) is 19.6. The molecule has 0 saturated carbocycles. The molecule has 0 saturated heterocycles. The van der Waals surface area contributed by atoms with Crippen LogP contribution in [0.5, 0.6) is 11.5 Å². The molecule has 24 heavy (non-hydrogen) atoms. The number of fused-ring (bicyclic) bond motifs is 1. The van der Waals surface area contributed by atoms with E-state index in [0.29, 0.717) is 36.0 Å². The van der Waals surface area contributed by atoms with Crippen molar-refractivity contribution >= 4 is 22.6 Å². The minimum Gasteiger partial charge on any atom is -0.490 e. The predicted molar refractivity (Wildman–Crippen MR) is 92.8 cm³/mol. The van der Waals surface area contributed by atoms with E-state index >= 15 is 0 Å². The molecule has 124 valence electrons. The molecule has 0 aliphatic rings. The summed E-state index contributed by atoms with van der Waals surface area (Å²) in [6.07, 6.45) is 1.60. The van der Waals surface area contributed by atoms with Crippen molar-refractivity contribution < 1.29 is 14.3 Å². The molecule has 6 nitrogen and oxygen atoms in total.